The average molecular weight is 298 g/mol. The van der Waals surface area contributed by atoms with E-state index >= 15 is 0 Å². The minimum Gasteiger partial charge on any atom is -0.469 e. The molecule has 5 nitrogen and oxygen atoms in total. The van der Waals surface area contributed by atoms with Gasteiger partial charge in [0.05, 0.1) is 17.9 Å². The van der Waals surface area contributed by atoms with Gasteiger partial charge in [-0.25, -0.2) is 0 Å². The minimum atomic E-state index is -0.148. The number of rotatable bonds is 3. The molecule has 5 heteroatoms. The van der Waals surface area contributed by atoms with Crippen LogP contribution in [0.3, 0.4) is 0 Å². The van der Waals surface area contributed by atoms with Crippen LogP contribution >= 0.6 is 0 Å². The largest absolute Gasteiger partial charge is 0.469 e. The van der Waals surface area contributed by atoms with Crippen LogP contribution in [0.15, 0.2) is 34.9 Å². The molecule has 1 aliphatic heterocycles. The second kappa shape index (κ2) is 5.67. The van der Waals surface area contributed by atoms with Crippen molar-refractivity contribution in [2.45, 2.75) is 32.7 Å². The molecule has 0 radical (unpaired) electrons. The van der Waals surface area contributed by atoms with Gasteiger partial charge in [-0.05, 0) is 43.5 Å². The number of furan rings is 1. The van der Waals surface area contributed by atoms with E-state index < -0.39 is 0 Å². The molecule has 1 aromatic heterocycles. The third-order valence-electron chi connectivity index (χ3n) is 3.98. The summed E-state index contributed by atoms with van der Waals surface area (Å²) in [6.07, 6.45) is 2.75. The van der Waals surface area contributed by atoms with E-state index in [-0.39, 0.29) is 17.9 Å². The number of carbonyl (C=O) groups is 2. The van der Waals surface area contributed by atoms with E-state index in [0.29, 0.717) is 17.7 Å². The zero-order valence-corrected chi connectivity index (χ0v) is 12.6. The molecule has 0 unspecified atom stereocenters. The van der Waals surface area contributed by atoms with Crippen molar-refractivity contribution in [3.05, 3.63) is 53.0 Å². The Morgan fingerprint density at radius 1 is 1.32 bits per heavy atom. The predicted octanol–water partition coefficient (Wildman–Crippen LogP) is 2.96. The molecule has 22 heavy (non-hydrogen) atoms. The zero-order chi connectivity index (χ0) is 15.7. The Kier molecular flexibility index (Phi) is 3.71. The molecular weight excluding hydrogens is 280 g/mol. The second-order valence-electron chi connectivity index (χ2n) is 5.55. The molecule has 114 valence electrons. The van der Waals surface area contributed by atoms with E-state index in [1.54, 1.807) is 13.0 Å². The maximum Gasteiger partial charge on any atom is 0.255 e. The van der Waals surface area contributed by atoms with E-state index in [9.17, 15) is 9.59 Å². The molecule has 2 aromatic rings. The van der Waals surface area contributed by atoms with Crippen LogP contribution in [0, 0.1) is 6.92 Å². The van der Waals surface area contributed by atoms with Crippen LogP contribution in [0.2, 0.25) is 0 Å². The summed E-state index contributed by atoms with van der Waals surface area (Å²) in [5.74, 6) is 0.514. The van der Waals surface area contributed by atoms with Gasteiger partial charge in [-0.3, -0.25) is 9.59 Å². The summed E-state index contributed by atoms with van der Waals surface area (Å²) in [5, 5.41) is 5.83. The lowest BCUT2D eigenvalue weighted by Crippen LogP contribution is -2.27. The quantitative estimate of drug-likeness (QED) is 0.915. The first-order chi connectivity index (χ1) is 10.5. The molecule has 1 aromatic carbocycles. The van der Waals surface area contributed by atoms with Gasteiger partial charge in [0.2, 0.25) is 5.91 Å². The van der Waals surface area contributed by atoms with Crippen LogP contribution in [0.5, 0.6) is 0 Å². The fraction of sp³-hybridized carbons (Fsp3) is 0.294. The maximum absolute atomic E-state index is 12.2. The first-order valence-corrected chi connectivity index (χ1v) is 7.32. The average Bonchev–Trinajstić information content (AvgIpc) is 2.92. The summed E-state index contributed by atoms with van der Waals surface area (Å²) < 4.78 is 5.16. The third-order valence-corrected chi connectivity index (χ3v) is 3.98. The number of benzene rings is 1. The Balaban J connectivity index is 1.75. The summed E-state index contributed by atoms with van der Waals surface area (Å²) in [7, 11) is 0. The number of amides is 2. The molecule has 2 N–H and O–H groups in total. The molecular formula is C17H18N2O3. The summed E-state index contributed by atoms with van der Waals surface area (Å²) in [6.45, 7) is 3.71. The van der Waals surface area contributed by atoms with Gasteiger partial charge in [-0.1, -0.05) is 12.1 Å². The van der Waals surface area contributed by atoms with Crippen LogP contribution in [-0.4, -0.2) is 11.8 Å². The number of hydrogen-bond donors (Lipinski definition) is 2. The lowest BCUT2D eigenvalue weighted by Gasteiger charge is -2.20. The van der Waals surface area contributed by atoms with Crippen LogP contribution in [0.4, 0.5) is 5.69 Å². The second-order valence-corrected chi connectivity index (χ2v) is 5.55. The molecule has 1 aliphatic rings. The summed E-state index contributed by atoms with van der Waals surface area (Å²) in [4.78, 5) is 23.6. The summed E-state index contributed by atoms with van der Waals surface area (Å²) in [5.41, 5.74) is 3.54. The van der Waals surface area contributed by atoms with Gasteiger partial charge in [0.1, 0.15) is 5.76 Å². The Morgan fingerprint density at radius 3 is 2.86 bits per heavy atom. The fourth-order valence-corrected chi connectivity index (χ4v) is 2.65. The number of anilines is 1. The van der Waals surface area contributed by atoms with E-state index in [4.69, 9.17) is 4.42 Å². The topological polar surface area (TPSA) is 71.3 Å². The van der Waals surface area contributed by atoms with E-state index in [2.05, 4.69) is 10.6 Å². The Labute approximate surface area is 128 Å². The van der Waals surface area contributed by atoms with Gasteiger partial charge in [-0.15, -0.1) is 0 Å². The molecule has 0 spiro atoms. The fourth-order valence-electron chi connectivity index (χ4n) is 2.65. The van der Waals surface area contributed by atoms with Crippen LogP contribution in [0.1, 0.15) is 46.6 Å². The highest BCUT2D eigenvalue weighted by atomic mass is 16.3. The smallest absolute Gasteiger partial charge is 0.255 e. The molecule has 0 aliphatic carbocycles. The van der Waals surface area contributed by atoms with Crippen molar-refractivity contribution in [2.24, 2.45) is 0 Å². The molecule has 0 bridgehead atoms. The third kappa shape index (κ3) is 2.74. The molecule has 0 saturated heterocycles. The molecule has 0 fully saturated rings. The molecule has 2 amide bonds. The number of hydrogen-bond acceptors (Lipinski definition) is 3. The predicted molar refractivity (Wildman–Crippen MR) is 82.7 cm³/mol. The normalized spacial score (nSPS) is 14.9. The Morgan fingerprint density at radius 2 is 2.14 bits per heavy atom. The zero-order valence-electron chi connectivity index (χ0n) is 12.6. The SMILES string of the molecule is Cc1occc1C(=O)N[C@H](C)c1ccc2c(c1)CCC(=O)N2. The van der Waals surface area contributed by atoms with Crippen LogP contribution in [0.25, 0.3) is 0 Å². The van der Waals surface area contributed by atoms with Crippen molar-refractivity contribution in [3.63, 3.8) is 0 Å². The van der Waals surface area contributed by atoms with Crippen molar-refractivity contribution in [1.29, 1.82) is 0 Å². The molecule has 3 rings (SSSR count). The molecule has 0 saturated carbocycles. The van der Waals surface area contributed by atoms with Gasteiger partial charge in [0.15, 0.2) is 0 Å². The maximum atomic E-state index is 12.2. The van der Waals surface area contributed by atoms with Crippen LogP contribution in [-0.2, 0) is 11.2 Å². The summed E-state index contributed by atoms with van der Waals surface area (Å²) in [6, 6.07) is 7.41. The van der Waals surface area contributed by atoms with Crippen molar-refractivity contribution < 1.29 is 14.0 Å². The van der Waals surface area contributed by atoms with Crippen molar-refractivity contribution >= 4 is 17.5 Å². The van der Waals surface area contributed by atoms with Crippen molar-refractivity contribution in [3.8, 4) is 0 Å². The van der Waals surface area contributed by atoms with Gasteiger partial charge in [-0.2, -0.15) is 0 Å². The van der Waals surface area contributed by atoms with Crippen molar-refractivity contribution in [1.82, 2.24) is 5.32 Å². The van der Waals surface area contributed by atoms with Gasteiger partial charge >= 0.3 is 0 Å². The number of fused-ring (bicyclic) bond motifs is 1. The van der Waals surface area contributed by atoms with Gasteiger partial charge in [0.25, 0.3) is 5.91 Å². The molecule has 1 atom stereocenters. The lowest BCUT2D eigenvalue weighted by molar-refractivity contribution is -0.116. The van der Waals surface area contributed by atoms with E-state index in [1.807, 2.05) is 25.1 Å². The van der Waals surface area contributed by atoms with Crippen molar-refractivity contribution in [2.75, 3.05) is 5.32 Å². The highest BCUT2D eigenvalue weighted by Gasteiger charge is 2.18. The Hall–Kier alpha value is -2.56. The van der Waals surface area contributed by atoms with Gasteiger partial charge < -0.3 is 15.1 Å². The first kappa shape index (κ1) is 14.4. The minimum absolute atomic E-state index is 0.0528. The monoisotopic (exact) mass is 298 g/mol. The number of aryl methyl sites for hydroxylation is 2. The van der Waals surface area contributed by atoms with E-state index in [0.717, 1.165) is 23.2 Å². The first-order valence-electron chi connectivity index (χ1n) is 7.32. The summed E-state index contributed by atoms with van der Waals surface area (Å²) >= 11 is 0. The highest BCUT2D eigenvalue weighted by Crippen LogP contribution is 2.26. The molecule has 2 heterocycles. The Bertz CT molecular complexity index is 733. The number of nitrogens with one attached hydrogen (secondary N) is 2. The van der Waals surface area contributed by atoms with Gasteiger partial charge in [0, 0.05) is 12.1 Å². The highest BCUT2D eigenvalue weighted by molar-refractivity contribution is 5.95. The van der Waals surface area contributed by atoms with E-state index in [1.165, 1.54) is 6.26 Å². The van der Waals surface area contributed by atoms with Crippen LogP contribution < -0.4 is 10.6 Å². The standard InChI is InChI=1S/C17H18N2O3/c1-10(18-17(21)14-7-8-22-11(14)2)12-3-5-15-13(9-12)4-6-16(20)19-15/h3,5,7-10H,4,6H2,1-2H3,(H,18,21)(H,19,20)/t10-/m1/s1. The number of carbonyl (C=O) groups excluding carboxylic acids is 2. The lowest BCUT2D eigenvalue weighted by atomic mass is 9.97.